The molecule has 0 amide bonds. The van der Waals surface area contributed by atoms with E-state index >= 15 is 0 Å². The number of hydrogen-bond donors (Lipinski definition) is 0. The van der Waals surface area contributed by atoms with Crippen LogP contribution < -0.4 is 4.74 Å². The van der Waals surface area contributed by atoms with Gasteiger partial charge in [-0.15, -0.1) is 0 Å². The zero-order chi connectivity index (χ0) is 26.5. The van der Waals surface area contributed by atoms with Crippen LogP contribution in [-0.4, -0.2) is 29.9 Å². The first-order valence-corrected chi connectivity index (χ1v) is 11.6. The Labute approximate surface area is 198 Å². The van der Waals surface area contributed by atoms with Crippen molar-refractivity contribution in [2.45, 2.75) is 95.1 Å². The fourth-order valence-corrected chi connectivity index (χ4v) is 4.16. The zero-order valence-electron chi connectivity index (χ0n) is 19.3. The molecule has 0 N–H and O–H groups in total. The van der Waals surface area contributed by atoms with Crippen LogP contribution in [-0.2, 0) is 11.2 Å². The molecule has 0 aromatic heterocycles. The number of esters is 1. The highest BCUT2D eigenvalue weighted by molar-refractivity contribution is 5.75. The fraction of sp³-hybridized carbons (Fsp3) is 0.708. The molecule has 2 nitrogen and oxygen atoms in total. The van der Waals surface area contributed by atoms with Gasteiger partial charge in [0.15, 0.2) is 0 Å². The molecule has 0 bridgehead atoms. The molecule has 0 saturated heterocycles. The number of rotatable bonds is 11. The summed E-state index contributed by atoms with van der Waals surface area (Å²) in [5.41, 5.74) is -0.0248. The first-order chi connectivity index (χ1) is 16.1. The highest BCUT2D eigenvalue weighted by Gasteiger charge is 2.81. The van der Waals surface area contributed by atoms with Crippen LogP contribution in [0, 0.1) is 11.8 Å². The van der Waals surface area contributed by atoms with Crippen LogP contribution in [0.2, 0.25) is 0 Å². The maximum atomic E-state index is 13.7. The molecular formula is C24H29F9O2. The van der Waals surface area contributed by atoms with Crippen molar-refractivity contribution in [1.82, 2.24) is 0 Å². The van der Waals surface area contributed by atoms with Crippen molar-refractivity contribution in [2.24, 2.45) is 11.8 Å². The second-order valence-corrected chi connectivity index (χ2v) is 9.13. The van der Waals surface area contributed by atoms with Gasteiger partial charge in [0.2, 0.25) is 0 Å². The maximum Gasteiger partial charge on any atom is 0.460 e. The normalized spacial score (nSPS) is 20.1. The molecule has 1 aromatic rings. The molecule has 1 aromatic carbocycles. The summed E-state index contributed by atoms with van der Waals surface area (Å²) in [6.45, 7) is 2.13. The van der Waals surface area contributed by atoms with E-state index in [0.717, 1.165) is 44.2 Å². The van der Waals surface area contributed by atoms with Gasteiger partial charge in [-0.1, -0.05) is 44.7 Å². The Morgan fingerprint density at radius 2 is 1.43 bits per heavy atom. The van der Waals surface area contributed by atoms with Crippen LogP contribution in [0.4, 0.5) is 39.5 Å². The molecule has 11 heteroatoms. The molecule has 1 aliphatic rings. The number of halogens is 9. The fourth-order valence-electron chi connectivity index (χ4n) is 4.16. The van der Waals surface area contributed by atoms with E-state index < -0.39 is 42.8 Å². The van der Waals surface area contributed by atoms with Crippen molar-refractivity contribution in [3.05, 3.63) is 29.8 Å². The minimum absolute atomic E-state index is 0.0248. The molecule has 35 heavy (non-hydrogen) atoms. The zero-order valence-corrected chi connectivity index (χ0v) is 19.3. The summed E-state index contributed by atoms with van der Waals surface area (Å²) in [4.78, 5) is 12.4. The lowest BCUT2D eigenvalue weighted by atomic mass is 9.80. The third-order valence-corrected chi connectivity index (χ3v) is 6.48. The third-order valence-electron chi connectivity index (χ3n) is 6.48. The minimum atomic E-state index is -6.89. The van der Waals surface area contributed by atoms with E-state index in [9.17, 15) is 44.3 Å². The molecular weight excluding hydrogens is 491 g/mol. The molecule has 0 radical (unpaired) electrons. The number of hydrogen-bond acceptors (Lipinski definition) is 2. The van der Waals surface area contributed by atoms with Gasteiger partial charge < -0.3 is 4.74 Å². The number of carbonyl (C=O) groups is 1. The third kappa shape index (κ3) is 7.06. The van der Waals surface area contributed by atoms with Crippen molar-refractivity contribution in [2.75, 3.05) is 0 Å². The van der Waals surface area contributed by atoms with Crippen molar-refractivity contribution in [3.8, 4) is 5.75 Å². The summed E-state index contributed by atoms with van der Waals surface area (Å²) in [6.07, 6.45) is -1.81. The monoisotopic (exact) mass is 520 g/mol. The number of unbranched alkanes of at least 4 members (excludes halogenated alkanes) is 2. The molecule has 0 heterocycles. The predicted octanol–water partition coefficient (Wildman–Crippen LogP) is 8.38. The standard InChI is InChI=1S/C24H29F9O2/c1-2-3-4-5-16-6-10-18(11-7-16)20(34)35-19-12-8-17(9-13-19)14-15-21(25,26)22(27,28)23(29,30)24(31,32)33/h8-9,12-13,16,18H,2-7,10-11,14-15H2,1H3. The van der Waals surface area contributed by atoms with Gasteiger partial charge >= 0.3 is 29.9 Å². The average Bonchev–Trinajstić information content (AvgIpc) is 2.78. The Morgan fingerprint density at radius 1 is 0.857 bits per heavy atom. The van der Waals surface area contributed by atoms with Crippen LogP contribution >= 0.6 is 0 Å². The highest BCUT2D eigenvalue weighted by atomic mass is 19.4. The van der Waals surface area contributed by atoms with Crippen molar-refractivity contribution < 1.29 is 49.0 Å². The Hall–Kier alpha value is -1.94. The Balaban J connectivity index is 1.88. The van der Waals surface area contributed by atoms with E-state index in [4.69, 9.17) is 4.74 Å². The van der Waals surface area contributed by atoms with Crippen LogP contribution in [0.5, 0.6) is 5.75 Å². The smallest absolute Gasteiger partial charge is 0.426 e. The molecule has 0 unspecified atom stereocenters. The molecule has 2 rings (SSSR count). The van der Waals surface area contributed by atoms with Crippen LogP contribution in [0.25, 0.3) is 0 Å². The molecule has 1 fully saturated rings. The first kappa shape index (κ1) is 29.3. The number of carbonyl (C=O) groups excluding carboxylic acids is 1. The maximum absolute atomic E-state index is 13.7. The van der Waals surface area contributed by atoms with Gasteiger partial charge in [0.1, 0.15) is 5.75 Å². The average molecular weight is 520 g/mol. The van der Waals surface area contributed by atoms with E-state index in [2.05, 4.69) is 6.92 Å². The van der Waals surface area contributed by atoms with Crippen molar-refractivity contribution in [1.29, 1.82) is 0 Å². The van der Waals surface area contributed by atoms with E-state index in [1.54, 1.807) is 0 Å². The highest BCUT2D eigenvalue weighted by Crippen LogP contribution is 2.54. The molecule has 1 aliphatic carbocycles. The predicted molar refractivity (Wildman–Crippen MR) is 111 cm³/mol. The summed E-state index contributed by atoms with van der Waals surface area (Å²) in [7, 11) is 0. The van der Waals surface area contributed by atoms with E-state index in [1.807, 2.05) is 0 Å². The SMILES string of the molecule is CCCCCC1CCC(C(=O)Oc2ccc(CCC(F)(F)C(F)(F)C(F)(F)C(F)(F)F)cc2)CC1. The van der Waals surface area contributed by atoms with E-state index in [1.165, 1.54) is 18.6 Å². The van der Waals surface area contributed by atoms with Crippen LogP contribution in [0.1, 0.15) is 70.3 Å². The van der Waals surface area contributed by atoms with E-state index in [0.29, 0.717) is 18.8 Å². The van der Waals surface area contributed by atoms with Gasteiger partial charge in [-0.2, -0.15) is 39.5 Å². The minimum Gasteiger partial charge on any atom is -0.426 e. The number of benzene rings is 1. The lowest BCUT2D eigenvalue weighted by Gasteiger charge is -2.33. The van der Waals surface area contributed by atoms with Gasteiger partial charge in [0, 0.05) is 6.42 Å². The van der Waals surface area contributed by atoms with Gasteiger partial charge in [0.05, 0.1) is 5.92 Å². The summed E-state index contributed by atoms with van der Waals surface area (Å²) >= 11 is 0. The Morgan fingerprint density at radius 3 is 1.94 bits per heavy atom. The Bertz CT molecular complexity index is 811. The molecule has 200 valence electrons. The van der Waals surface area contributed by atoms with Crippen molar-refractivity contribution >= 4 is 5.97 Å². The molecule has 1 saturated carbocycles. The second kappa shape index (κ2) is 11.4. The van der Waals surface area contributed by atoms with Gasteiger partial charge in [0.25, 0.3) is 0 Å². The van der Waals surface area contributed by atoms with Crippen molar-refractivity contribution in [3.63, 3.8) is 0 Å². The summed E-state index contributed by atoms with van der Waals surface area (Å²) in [6, 6.07) is 4.77. The Kier molecular flexibility index (Phi) is 9.55. The van der Waals surface area contributed by atoms with Gasteiger partial charge in [-0.25, -0.2) is 0 Å². The summed E-state index contributed by atoms with van der Waals surface area (Å²) < 4.78 is 122. The largest absolute Gasteiger partial charge is 0.460 e. The summed E-state index contributed by atoms with van der Waals surface area (Å²) in [5.74, 6) is -19.2. The van der Waals surface area contributed by atoms with E-state index in [-0.39, 0.29) is 17.2 Å². The number of alkyl halides is 9. The molecule has 0 spiro atoms. The molecule has 0 aliphatic heterocycles. The lowest BCUT2D eigenvalue weighted by molar-refractivity contribution is -0.396. The lowest BCUT2D eigenvalue weighted by Crippen LogP contribution is -2.60. The van der Waals surface area contributed by atoms with Crippen LogP contribution in [0.15, 0.2) is 24.3 Å². The van der Waals surface area contributed by atoms with Gasteiger partial charge in [-0.3, -0.25) is 4.79 Å². The van der Waals surface area contributed by atoms with Gasteiger partial charge in [-0.05, 0) is 55.7 Å². The first-order valence-electron chi connectivity index (χ1n) is 11.6. The summed E-state index contributed by atoms with van der Waals surface area (Å²) in [5, 5.41) is 0. The second-order valence-electron chi connectivity index (χ2n) is 9.13. The topological polar surface area (TPSA) is 26.3 Å². The number of ether oxygens (including phenoxy) is 1. The molecule has 0 atom stereocenters. The quantitative estimate of drug-likeness (QED) is 0.127. The number of aryl methyl sites for hydroxylation is 1. The van der Waals surface area contributed by atoms with Crippen LogP contribution in [0.3, 0.4) is 0 Å².